The lowest BCUT2D eigenvalue weighted by Gasteiger charge is -2.27. The minimum Gasteiger partial charge on any atom is -0.466 e. The number of carbonyl (C=O) groups is 2. The average Bonchev–Trinajstić information content (AvgIpc) is 3.18. The first-order valence-corrected chi connectivity index (χ1v) is 8.90. The molecule has 2 heterocycles. The first-order valence-electron chi connectivity index (χ1n) is 8.90. The van der Waals surface area contributed by atoms with Crippen LogP contribution in [0.4, 0.5) is 0 Å². The summed E-state index contributed by atoms with van der Waals surface area (Å²) in [6, 6.07) is 8.53. The monoisotopic (exact) mass is 392 g/mol. The Bertz CT molecular complexity index is 729. The zero-order chi connectivity index (χ0) is 20.3. The highest BCUT2D eigenvalue weighted by atomic mass is 16.8. The Labute approximate surface area is 163 Å². The molecule has 3 rings (SSSR count). The number of hydrogen-bond donors (Lipinski definition) is 0. The molecule has 0 bridgehead atoms. The molecule has 0 amide bonds. The fraction of sp³-hybridized carbons (Fsp3) is 0.500. The first-order chi connectivity index (χ1) is 13.3. The maximum Gasteiger partial charge on any atom is 0.338 e. The van der Waals surface area contributed by atoms with Gasteiger partial charge in [0.25, 0.3) is 0 Å². The van der Waals surface area contributed by atoms with Gasteiger partial charge in [0.2, 0.25) is 0 Å². The highest BCUT2D eigenvalue weighted by Crippen LogP contribution is 2.40. The highest BCUT2D eigenvalue weighted by molar-refractivity contribution is 5.89. The van der Waals surface area contributed by atoms with E-state index in [0.29, 0.717) is 5.56 Å². The van der Waals surface area contributed by atoms with E-state index in [4.69, 9.17) is 23.7 Å². The fourth-order valence-electron chi connectivity index (χ4n) is 3.27. The van der Waals surface area contributed by atoms with Gasteiger partial charge in [0, 0.05) is 13.2 Å². The third-order valence-corrected chi connectivity index (χ3v) is 4.48. The van der Waals surface area contributed by atoms with Crippen molar-refractivity contribution < 1.29 is 38.0 Å². The molecular weight excluding hydrogens is 368 g/mol. The Morgan fingerprint density at radius 1 is 1.11 bits per heavy atom. The summed E-state index contributed by atoms with van der Waals surface area (Å²) >= 11 is 0. The lowest BCUT2D eigenvalue weighted by atomic mass is 10.0. The van der Waals surface area contributed by atoms with E-state index in [2.05, 4.69) is 4.74 Å². The molecule has 0 saturated carbocycles. The number of benzene rings is 1. The van der Waals surface area contributed by atoms with Crippen LogP contribution in [0.2, 0.25) is 0 Å². The summed E-state index contributed by atoms with van der Waals surface area (Å²) in [5.74, 6) is -1.98. The zero-order valence-corrected chi connectivity index (χ0v) is 16.2. The van der Waals surface area contributed by atoms with Gasteiger partial charge in [-0.25, -0.2) is 9.59 Å². The molecule has 152 valence electrons. The second-order valence-electron chi connectivity index (χ2n) is 6.89. The molecule has 0 aliphatic carbocycles. The van der Waals surface area contributed by atoms with Gasteiger partial charge in [-0.15, -0.1) is 0 Å². The number of ether oxygens (including phenoxy) is 6. The second-order valence-corrected chi connectivity index (χ2v) is 6.89. The van der Waals surface area contributed by atoms with Crippen molar-refractivity contribution in [1.29, 1.82) is 0 Å². The van der Waals surface area contributed by atoms with E-state index >= 15 is 0 Å². The molecule has 0 radical (unpaired) electrons. The Balaban J connectivity index is 1.85. The van der Waals surface area contributed by atoms with Crippen LogP contribution in [0.25, 0.3) is 0 Å². The maximum absolute atomic E-state index is 12.6. The van der Waals surface area contributed by atoms with Crippen molar-refractivity contribution in [2.24, 2.45) is 0 Å². The predicted molar refractivity (Wildman–Crippen MR) is 96.3 cm³/mol. The van der Waals surface area contributed by atoms with Gasteiger partial charge in [-0.05, 0) is 32.1 Å². The normalized spacial score (nSPS) is 29.4. The molecule has 0 N–H and O–H groups in total. The van der Waals surface area contributed by atoms with Crippen LogP contribution in [0.5, 0.6) is 0 Å². The van der Waals surface area contributed by atoms with E-state index in [1.165, 1.54) is 26.4 Å². The van der Waals surface area contributed by atoms with Crippen molar-refractivity contribution in [3.8, 4) is 0 Å². The van der Waals surface area contributed by atoms with Gasteiger partial charge in [0.05, 0.1) is 12.7 Å². The van der Waals surface area contributed by atoms with Crippen molar-refractivity contribution in [3.05, 3.63) is 48.0 Å². The number of esters is 2. The predicted octanol–water partition coefficient (Wildman–Crippen LogP) is 1.83. The third kappa shape index (κ3) is 4.41. The molecule has 1 aromatic carbocycles. The smallest absolute Gasteiger partial charge is 0.338 e. The minimum atomic E-state index is -0.919. The Hall–Kier alpha value is -2.26. The van der Waals surface area contributed by atoms with Crippen molar-refractivity contribution in [1.82, 2.24) is 0 Å². The largest absolute Gasteiger partial charge is 0.466 e. The van der Waals surface area contributed by atoms with Gasteiger partial charge >= 0.3 is 11.9 Å². The van der Waals surface area contributed by atoms with Crippen LogP contribution in [-0.4, -0.2) is 62.7 Å². The van der Waals surface area contributed by atoms with E-state index in [1.807, 2.05) is 0 Å². The summed E-state index contributed by atoms with van der Waals surface area (Å²) in [4.78, 5) is 24.1. The summed E-state index contributed by atoms with van der Waals surface area (Å²) in [6.45, 7) is 3.56. The molecule has 2 aliphatic heterocycles. The highest BCUT2D eigenvalue weighted by Gasteiger charge is 2.58. The Kier molecular flexibility index (Phi) is 6.14. The molecule has 0 spiro atoms. The first kappa shape index (κ1) is 20.5. The Morgan fingerprint density at radius 3 is 2.43 bits per heavy atom. The Morgan fingerprint density at radius 2 is 1.79 bits per heavy atom. The van der Waals surface area contributed by atoms with E-state index in [0.717, 1.165) is 0 Å². The molecule has 2 saturated heterocycles. The van der Waals surface area contributed by atoms with Gasteiger partial charge in [-0.2, -0.15) is 0 Å². The van der Waals surface area contributed by atoms with E-state index in [-0.39, 0.29) is 0 Å². The standard InChI is InChI=1S/C20H24O8/c1-20(2)27-16-15(26-19(24-4)17(16)28-20)13(10-11-14(21)23-3)25-18(22)12-8-6-5-7-9-12/h5-11,13,15-17,19H,1-4H3/b11-10+/t13-,15-,16-,17-,19-/m1/s1. The summed E-state index contributed by atoms with van der Waals surface area (Å²) < 4.78 is 33.3. The van der Waals surface area contributed by atoms with Crippen molar-refractivity contribution in [2.45, 2.75) is 50.3 Å². The van der Waals surface area contributed by atoms with Gasteiger partial charge in [-0.1, -0.05) is 18.2 Å². The molecule has 5 atom stereocenters. The molecule has 28 heavy (non-hydrogen) atoms. The van der Waals surface area contributed by atoms with Crippen molar-refractivity contribution >= 4 is 11.9 Å². The maximum atomic E-state index is 12.6. The average molecular weight is 392 g/mol. The molecule has 8 nitrogen and oxygen atoms in total. The van der Waals surface area contributed by atoms with Gasteiger partial charge in [0.1, 0.15) is 24.4 Å². The lowest BCUT2D eigenvalue weighted by Crippen LogP contribution is -2.40. The summed E-state index contributed by atoms with van der Waals surface area (Å²) in [5, 5.41) is 0. The van der Waals surface area contributed by atoms with Crippen LogP contribution in [0.15, 0.2) is 42.5 Å². The summed E-state index contributed by atoms with van der Waals surface area (Å²) in [5.41, 5.74) is 0.376. The van der Waals surface area contributed by atoms with E-state index in [9.17, 15) is 9.59 Å². The molecule has 2 aliphatic rings. The number of rotatable bonds is 6. The zero-order valence-electron chi connectivity index (χ0n) is 16.2. The van der Waals surface area contributed by atoms with Crippen LogP contribution in [0.3, 0.4) is 0 Å². The van der Waals surface area contributed by atoms with E-state index < -0.39 is 48.4 Å². The second kappa shape index (κ2) is 8.40. The van der Waals surface area contributed by atoms with Crippen LogP contribution < -0.4 is 0 Å². The van der Waals surface area contributed by atoms with Crippen LogP contribution in [-0.2, 0) is 33.2 Å². The molecule has 1 aromatic rings. The number of carbonyl (C=O) groups excluding carboxylic acids is 2. The van der Waals surface area contributed by atoms with Crippen LogP contribution >= 0.6 is 0 Å². The lowest BCUT2D eigenvalue weighted by molar-refractivity contribution is -0.234. The van der Waals surface area contributed by atoms with Gasteiger partial charge in [-0.3, -0.25) is 0 Å². The minimum absolute atomic E-state index is 0.376. The molecule has 0 unspecified atom stereocenters. The van der Waals surface area contributed by atoms with Crippen LogP contribution in [0, 0.1) is 0 Å². The summed E-state index contributed by atoms with van der Waals surface area (Å²) in [7, 11) is 2.76. The van der Waals surface area contributed by atoms with Crippen molar-refractivity contribution in [2.75, 3.05) is 14.2 Å². The molecular formula is C20H24O8. The van der Waals surface area contributed by atoms with Crippen molar-refractivity contribution in [3.63, 3.8) is 0 Å². The van der Waals surface area contributed by atoms with Gasteiger partial charge in [0.15, 0.2) is 12.1 Å². The number of hydrogen-bond acceptors (Lipinski definition) is 8. The molecule has 0 aromatic heterocycles. The topological polar surface area (TPSA) is 89.5 Å². The third-order valence-electron chi connectivity index (χ3n) is 4.48. The molecule has 2 fully saturated rings. The number of fused-ring (bicyclic) bond motifs is 1. The summed E-state index contributed by atoms with van der Waals surface area (Å²) in [6.07, 6.45) is -0.780. The van der Waals surface area contributed by atoms with Gasteiger partial charge < -0.3 is 28.4 Å². The quantitative estimate of drug-likeness (QED) is 0.535. The van der Waals surface area contributed by atoms with Crippen LogP contribution in [0.1, 0.15) is 24.2 Å². The number of methoxy groups -OCH3 is 2. The fourth-order valence-corrected chi connectivity index (χ4v) is 3.27. The molecule has 8 heteroatoms. The SMILES string of the molecule is COC(=O)/C=C/[C@@H](OC(=O)c1ccccc1)[C@H]1O[C@@H](OC)[C@@H]2OC(C)(C)O[C@@H]21. The van der Waals surface area contributed by atoms with E-state index in [1.54, 1.807) is 44.2 Å².